The molecule has 1 heterocycles. The third-order valence-electron chi connectivity index (χ3n) is 4.43. The van der Waals surface area contributed by atoms with E-state index in [-0.39, 0.29) is 5.92 Å². The van der Waals surface area contributed by atoms with Crippen molar-refractivity contribution in [2.45, 2.75) is 78.4 Å². The van der Waals surface area contributed by atoms with Gasteiger partial charge in [0.05, 0.1) is 0 Å². The second kappa shape index (κ2) is 7.84. The van der Waals surface area contributed by atoms with Gasteiger partial charge >= 0.3 is 12.1 Å². The Morgan fingerprint density at radius 3 is 2.32 bits per heavy atom. The Bertz CT molecular complexity index is 385. The van der Waals surface area contributed by atoms with E-state index in [9.17, 15) is 14.7 Å². The van der Waals surface area contributed by atoms with Gasteiger partial charge in [0.2, 0.25) is 0 Å². The van der Waals surface area contributed by atoms with Crippen molar-refractivity contribution in [1.29, 1.82) is 0 Å². The molecule has 2 unspecified atom stereocenters. The van der Waals surface area contributed by atoms with E-state index in [1.165, 1.54) is 4.90 Å². The highest BCUT2D eigenvalue weighted by atomic mass is 16.6. The highest BCUT2D eigenvalue weighted by Crippen LogP contribution is 2.32. The minimum absolute atomic E-state index is 0.0173. The van der Waals surface area contributed by atoms with E-state index < -0.39 is 23.7 Å². The van der Waals surface area contributed by atoms with Crippen molar-refractivity contribution in [3.05, 3.63) is 0 Å². The van der Waals surface area contributed by atoms with Crippen LogP contribution in [0.3, 0.4) is 0 Å². The van der Waals surface area contributed by atoms with Crippen molar-refractivity contribution < 1.29 is 19.4 Å². The smallest absolute Gasteiger partial charge is 0.411 e. The normalized spacial score (nSPS) is 22.7. The van der Waals surface area contributed by atoms with Crippen molar-refractivity contribution in [1.82, 2.24) is 4.90 Å². The van der Waals surface area contributed by atoms with Crippen LogP contribution >= 0.6 is 0 Å². The van der Waals surface area contributed by atoms with Gasteiger partial charge in [0.15, 0.2) is 0 Å². The first-order chi connectivity index (χ1) is 10.2. The first-order valence-corrected chi connectivity index (χ1v) is 8.42. The Hall–Kier alpha value is -1.26. The van der Waals surface area contributed by atoms with Gasteiger partial charge in [-0.15, -0.1) is 0 Å². The van der Waals surface area contributed by atoms with Crippen LogP contribution in [-0.2, 0) is 9.53 Å². The van der Waals surface area contributed by atoms with E-state index in [1.54, 1.807) is 20.8 Å². The molecule has 1 saturated heterocycles. The summed E-state index contributed by atoms with van der Waals surface area (Å²) in [4.78, 5) is 25.5. The first-order valence-electron chi connectivity index (χ1n) is 8.42. The zero-order valence-corrected chi connectivity index (χ0v) is 14.6. The third-order valence-corrected chi connectivity index (χ3v) is 4.43. The van der Waals surface area contributed by atoms with Crippen molar-refractivity contribution in [2.75, 3.05) is 6.54 Å². The standard InChI is InChI=1S/C17H31NO4/c1-6-12(7-2)11-13-9-8-10-18(14(13)15(19)20)16(21)22-17(3,4)5/h12-14H,6-11H2,1-5H3,(H,19,20). The fourth-order valence-corrected chi connectivity index (χ4v) is 3.23. The molecular formula is C17H31NO4. The topological polar surface area (TPSA) is 66.8 Å². The fraction of sp³-hybridized carbons (Fsp3) is 0.882. The quantitative estimate of drug-likeness (QED) is 0.835. The predicted molar refractivity (Wildman–Crippen MR) is 85.8 cm³/mol. The zero-order valence-electron chi connectivity index (χ0n) is 14.6. The number of carboxylic acids is 1. The van der Waals surface area contributed by atoms with Crippen LogP contribution in [0.2, 0.25) is 0 Å². The lowest BCUT2D eigenvalue weighted by molar-refractivity contribution is -0.147. The zero-order chi connectivity index (χ0) is 16.9. The van der Waals surface area contributed by atoms with E-state index in [0.29, 0.717) is 12.5 Å². The summed E-state index contributed by atoms with van der Waals surface area (Å²) in [5.74, 6) is -0.379. The van der Waals surface area contributed by atoms with Crippen LogP contribution in [0.1, 0.15) is 66.7 Å². The second-order valence-corrected chi connectivity index (χ2v) is 7.28. The van der Waals surface area contributed by atoms with Crippen LogP contribution in [0.25, 0.3) is 0 Å². The van der Waals surface area contributed by atoms with Gasteiger partial charge in [-0.2, -0.15) is 0 Å². The third kappa shape index (κ3) is 5.18. The number of ether oxygens (including phenoxy) is 1. The van der Waals surface area contributed by atoms with Gasteiger partial charge in [-0.25, -0.2) is 9.59 Å². The summed E-state index contributed by atoms with van der Waals surface area (Å²) in [6.07, 6.45) is 4.16. The summed E-state index contributed by atoms with van der Waals surface area (Å²) in [5, 5.41) is 9.64. The summed E-state index contributed by atoms with van der Waals surface area (Å²) >= 11 is 0. The molecule has 0 aromatic heterocycles. The minimum atomic E-state index is -0.915. The lowest BCUT2D eigenvalue weighted by Crippen LogP contribution is -2.54. The lowest BCUT2D eigenvalue weighted by atomic mass is 9.80. The number of rotatable bonds is 5. The van der Waals surface area contributed by atoms with Crippen LogP contribution in [0.5, 0.6) is 0 Å². The van der Waals surface area contributed by atoms with Crippen molar-refractivity contribution >= 4 is 12.1 Å². The molecule has 1 amide bonds. The number of hydrogen-bond donors (Lipinski definition) is 1. The number of carboxylic acid groups (broad SMARTS) is 1. The summed E-state index contributed by atoms with van der Waals surface area (Å²) in [5.41, 5.74) is -0.609. The number of carbonyl (C=O) groups is 2. The minimum Gasteiger partial charge on any atom is -0.480 e. The maximum absolute atomic E-state index is 12.3. The fourth-order valence-electron chi connectivity index (χ4n) is 3.23. The van der Waals surface area contributed by atoms with E-state index in [2.05, 4.69) is 13.8 Å². The van der Waals surface area contributed by atoms with Crippen LogP contribution < -0.4 is 0 Å². The van der Waals surface area contributed by atoms with Crippen molar-refractivity contribution in [2.24, 2.45) is 11.8 Å². The number of hydrogen-bond acceptors (Lipinski definition) is 3. The molecule has 22 heavy (non-hydrogen) atoms. The van der Waals surface area contributed by atoms with Gasteiger partial charge in [-0.3, -0.25) is 4.90 Å². The largest absolute Gasteiger partial charge is 0.480 e. The van der Waals surface area contributed by atoms with Crippen molar-refractivity contribution in [3.8, 4) is 0 Å². The maximum atomic E-state index is 12.3. The van der Waals surface area contributed by atoms with E-state index in [4.69, 9.17) is 4.74 Å². The number of piperidine rings is 1. The van der Waals surface area contributed by atoms with Gasteiger partial charge < -0.3 is 9.84 Å². The molecule has 0 bridgehead atoms. The molecule has 5 heteroatoms. The maximum Gasteiger partial charge on any atom is 0.411 e. The lowest BCUT2D eigenvalue weighted by Gasteiger charge is -2.40. The number of amides is 1. The molecule has 0 saturated carbocycles. The Morgan fingerprint density at radius 2 is 1.86 bits per heavy atom. The van der Waals surface area contributed by atoms with Gasteiger partial charge in [0.25, 0.3) is 0 Å². The molecule has 0 spiro atoms. The monoisotopic (exact) mass is 313 g/mol. The first kappa shape index (κ1) is 18.8. The van der Waals surface area contributed by atoms with Crippen LogP contribution in [0.4, 0.5) is 4.79 Å². The van der Waals surface area contributed by atoms with Gasteiger partial charge in [0, 0.05) is 6.54 Å². The highest BCUT2D eigenvalue weighted by molar-refractivity contribution is 5.80. The van der Waals surface area contributed by atoms with Gasteiger partial charge in [-0.1, -0.05) is 26.7 Å². The van der Waals surface area contributed by atoms with E-state index in [0.717, 1.165) is 32.1 Å². The summed E-state index contributed by atoms with van der Waals surface area (Å²) in [6.45, 7) is 10.1. The SMILES string of the molecule is CCC(CC)CC1CCCN(C(=O)OC(C)(C)C)C1C(=O)O. The second-order valence-electron chi connectivity index (χ2n) is 7.28. The summed E-state index contributed by atoms with van der Waals surface area (Å²) in [7, 11) is 0. The average Bonchev–Trinajstić information content (AvgIpc) is 2.42. The molecule has 0 aliphatic carbocycles. The van der Waals surface area contributed by atoms with Crippen LogP contribution in [-0.4, -0.2) is 40.3 Å². The number of carbonyl (C=O) groups excluding carboxylic acids is 1. The Labute approximate surface area is 134 Å². The van der Waals surface area contributed by atoms with E-state index in [1.807, 2.05) is 0 Å². The molecule has 1 aliphatic rings. The summed E-state index contributed by atoms with van der Waals surface area (Å²) < 4.78 is 5.39. The molecule has 1 rings (SSSR count). The molecule has 5 nitrogen and oxygen atoms in total. The van der Waals surface area contributed by atoms with Crippen LogP contribution in [0, 0.1) is 11.8 Å². The predicted octanol–water partition coefficient (Wildman–Crippen LogP) is 3.91. The number of likely N-dealkylation sites (tertiary alicyclic amines) is 1. The molecule has 128 valence electrons. The molecule has 1 fully saturated rings. The Kier molecular flexibility index (Phi) is 6.69. The average molecular weight is 313 g/mol. The van der Waals surface area contributed by atoms with E-state index >= 15 is 0 Å². The number of aliphatic carboxylic acids is 1. The molecule has 1 aliphatic heterocycles. The Morgan fingerprint density at radius 1 is 1.27 bits per heavy atom. The molecule has 2 atom stereocenters. The van der Waals surface area contributed by atoms with Gasteiger partial charge in [-0.05, 0) is 51.9 Å². The molecule has 0 aromatic rings. The molecular weight excluding hydrogens is 282 g/mol. The molecule has 0 aromatic carbocycles. The van der Waals surface area contributed by atoms with Crippen molar-refractivity contribution in [3.63, 3.8) is 0 Å². The Balaban J connectivity index is 2.88. The van der Waals surface area contributed by atoms with Gasteiger partial charge in [0.1, 0.15) is 11.6 Å². The summed E-state index contributed by atoms with van der Waals surface area (Å²) in [6, 6.07) is -0.760. The molecule has 0 radical (unpaired) electrons. The number of nitrogens with zero attached hydrogens (tertiary/aromatic N) is 1. The van der Waals surface area contributed by atoms with Crippen LogP contribution in [0.15, 0.2) is 0 Å². The highest BCUT2D eigenvalue weighted by Gasteiger charge is 2.41. The molecule has 1 N–H and O–H groups in total.